The second kappa shape index (κ2) is 11.0. The van der Waals surface area contributed by atoms with Gasteiger partial charge in [-0.25, -0.2) is 13.9 Å². The highest BCUT2D eigenvalue weighted by Crippen LogP contribution is 2.38. The van der Waals surface area contributed by atoms with Crippen molar-refractivity contribution in [3.8, 4) is 5.88 Å². The number of nitrogens with zero attached hydrogens (tertiary/aromatic N) is 4. The van der Waals surface area contributed by atoms with E-state index in [9.17, 15) is 0 Å². The summed E-state index contributed by atoms with van der Waals surface area (Å²) in [5.74, 6) is 0.211. The lowest BCUT2D eigenvalue weighted by molar-refractivity contribution is -0.0742. The van der Waals surface area contributed by atoms with E-state index in [1.54, 1.807) is 0 Å². The highest BCUT2D eigenvalue weighted by molar-refractivity contribution is 5.51. The number of alkyl halides is 1. The molecule has 5 rings (SSSR count). The fraction of sp³-hybridized carbons (Fsp3) is 0.346. The third-order valence-electron chi connectivity index (χ3n) is 5.92. The second-order valence-electron chi connectivity index (χ2n) is 8.43. The Hall–Kier alpha value is -3.60. The normalized spacial score (nSPS) is 21.7. The molecule has 4 atom stereocenters. The van der Waals surface area contributed by atoms with E-state index in [-0.39, 0.29) is 25.0 Å². The maximum Gasteiger partial charge on any atom is 0.263 e. The van der Waals surface area contributed by atoms with Crippen LogP contribution in [0.5, 0.6) is 5.88 Å². The lowest BCUT2D eigenvalue weighted by Crippen LogP contribution is -2.34. The van der Waals surface area contributed by atoms with Crippen LogP contribution in [-0.4, -0.2) is 51.2 Å². The second-order valence-corrected chi connectivity index (χ2v) is 8.43. The van der Waals surface area contributed by atoms with Gasteiger partial charge in [0.25, 0.3) is 5.88 Å². The van der Waals surface area contributed by atoms with E-state index < -0.39 is 24.5 Å². The molecule has 3 heterocycles. The molecule has 1 aliphatic heterocycles. The number of fused-ring (bicyclic) bond motifs is 1. The summed E-state index contributed by atoms with van der Waals surface area (Å²) in [6.07, 6.45) is -2.49. The van der Waals surface area contributed by atoms with Crippen LogP contribution in [0.25, 0.3) is 5.65 Å². The summed E-state index contributed by atoms with van der Waals surface area (Å²) in [5.41, 5.74) is 8.56. The number of halogens is 1. The van der Waals surface area contributed by atoms with Gasteiger partial charge in [0.1, 0.15) is 18.3 Å². The van der Waals surface area contributed by atoms with Gasteiger partial charge in [0.2, 0.25) is 11.6 Å². The van der Waals surface area contributed by atoms with Crippen LogP contribution in [0.15, 0.2) is 66.9 Å². The van der Waals surface area contributed by atoms with Crippen LogP contribution in [-0.2, 0) is 27.4 Å². The van der Waals surface area contributed by atoms with E-state index in [1.807, 2.05) is 67.6 Å². The van der Waals surface area contributed by atoms with Crippen molar-refractivity contribution in [3.63, 3.8) is 0 Å². The van der Waals surface area contributed by atoms with E-state index in [1.165, 1.54) is 10.7 Å². The quantitative estimate of drug-likeness (QED) is 0.357. The summed E-state index contributed by atoms with van der Waals surface area (Å²) in [7, 11) is 0. The molecule has 188 valence electrons. The van der Waals surface area contributed by atoms with Crippen LogP contribution in [0, 0.1) is 0 Å². The van der Waals surface area contributed by atoms with Gasteiger partial charge in [-0.05, 0) is 18.1 Å². The smallest absolute Gasteiger partial charge is 0.263 e. The first-order valence-electron chi connectivity index (χ1n) is 11.8. The number of rotatable bonds is 10. The van der Waals surface area contributed by atoms with E-state index in [0.29, 0.717) is 24.6 Å². The van der Waals surface area contributed by atoms with Crippen LogP contribution in [0.1, 0.15) is 29.8 Å². The zero-order valence-corrected chi connectivity index (χ0v) is 19.9. The van der Waals surface area contributed by atoms with Gasteiger partial charge in [0.15, 0.2) is 6.17 Å². The molecule has 1 saturated heterocycles. The van der Waals surface area contributed by atoms with Crippen molar-refractivity contribution < 1.29 is 23.3 Å². The number of benzene rings is 2. The van der Waals surface area contributed by atoms with Crippen LogP contribution < -0.4 is 10.5 Å². The number of hydrogen-bond acceptors (Lipinski definition) is 8. The number of anilines is 1. The minimum atomic E-state index is -1.49. The standard InChI is InChI=1S/C26H28FN5O4/c1-2-34-25-24-29-13-19(32(24)31-26(28)30-25)22-21(27)23(35-15-18-11-7-4-8-12-18)20(36-22)16-33-14-17-9-5-3-6-10-17/h3-13,20-23H,2,14-16H2,1H3,(H2,28,31)/t20?,21-,22-,23+/m0/s1. The monoisotopic (exact) mass is 493 g/mol. The molecule has 10 heteroatoms. The van der Waals surface area contributed by atoms with Crippen molar-refractivity contribution in [2.75, 3.05) is 18.9 Å². The molecule has 36 heavy (non-hydrogen) atoms. The van der Waals surface area contributed by atoms with Crippen molar-refractivity contribution >= 4 is 11.6 Å². The molecule has 2 N–H and O–H groups in total. The van der Waals surface area contributed by atoms with Gasteiger partial charge < -0.3 is 24.7 Å². The predicted molar refractivity (Wildman–Crippen MR) is 130 cm³/mol. The Bertz CT molecular complexity index is 1270. The zero-order valence-electron chi connectivity index (χ0n) is 19.9. The van der Waals surface area contributed by atoms with Gasteiger partial charge in [0, 0.05) is 0 Å². The van der Waals surface area contributed by atoms with Crippen molar-refractivity contribution in [2.24, 2.45) is 0 Å². The molecule has 0 spiro atoms. The Morgan fingerprint density at radius 2 is 1.72 bits per heavy atom. The number of ether oxygens (including phenoxy) is 4. The fourth-order valence-corrected chi connectivity index (χ4v) is 4.23. The van der Waals surface area contributed by atoms with Crippen LogP contribution in [0.3, 0.4) is 0 Å². The first-order valence-corrected chi connectivity index (χ1v) is 11.8. The number of hydrogen-bond donors (Lipinski definition) is 1. The largest absolute Gasteiger partial charge is 0.475 e. The van der Waals surface area contributed by atoms with Gasteiger partial charge >= 0.3 is 0 Å². The fourth-order valence-electron chi connectivity index (χ4n) is 4.23. The third-order valence-corrected chi connectivity index (χ3v) is 5.92. The molecule has 0 bridgehead atoms. The molecular formula is C26H28FN5O4. The van der Waals surface area contributed by atoms with E-state index >= 15 is 4.39 Å². The molecule has 1 unspecified atom stereocenters. The number of nitrogen functional groups attached to an aromatic ring is 1. The molecule has 2 aromatic carbocycles. The molecule has 0 amide bonds. The number of nitrogens with two attached hydrogens (primary N) is 1. The SMILES string of the molecule is CCOc1nc(N)nn2c([C@@H]3OC(COCc4ccccc4)[C@@H](OCc4ccccc4)[C@H]3F)cnc12. The first-order chi connectivity index (χ1) is 17.6. The van der Waals surface area contributed by atoms with Crippen molar-refractivity contribution in [2.45, 2.75) is 44.6 Å². The van der Waals surface area contributed by atoms with Gasteiger partial charge in [-0.3, -0.25) is 0 Å². The van der Waals surface area contributed by atoms with Gasteiger partial charge in [-0.2, -0.15) is 4.98 Å². The molecule has 1 aliphatic rings. The first kappa shape index (κ1) is 24.1. The predicted octanol–water partition coefficient (Wildman–Crippen LogP) is 3.69. The lowest BCUT2D eigenvalue weighted by Gasteiger charge is -2.20. The van der Waals surface area contributed by atoms with E-state index in [0.717, 1.165) is 11.1 Å². The van der Waals surface area contributed by atoms with Gasteiger partial charge in [-0.15, -0.1) is 5.10 Å². The van der Waals surface area contributed by atoms with Crippen molar-refractivity contribution in [1.82, 2.24) is 19.6 Å². The van der Waals surface area contributed by atoms with Crippen LogP contribution >= 0.6 is 0 Å². The Morgan fingerprint density at radius 3 is 2.42 bits per heavy atom. The molecule has 9 nitrogen and oxygen atoms in total. The highest BCUT2D eigenvalue weighted by atomic mass is 19.1. The lowest BCUT2D eigenvalue weighted by atomic mass is 10.1. The molecule has 4 aromatic rings. The van der Waals surface area contributed by atoms with Gasteiger partial charge in [-0.1, -0.05) is 60.7 Å². The molecule has 1 fully saturated rings. The van der Waals surface area contributed by atoms with E-state index in [4.69, 9.17) is 24.7 Å². The number of imidazole rings is 1. The maximum atomic E-state index is 15.9. The molecular weight excluding hydrogens is 465 g/mol. The Kier molecular flexibility index (Phi) is 7.36. The van der Waals surface area contributed by atoms with Crippen LogP contribution in [0.2, 0.25) is 0 Å². The minimum Gasteiger partial charge on any atom is -0.475 e. The Morgan fingerprint density at radius 1 is 1.03 bits per heavy atom. The Balaban J connectivity index is 1.38. The maximum absolute atomic E-state index is 15.9. The summed E-state index contributed by atoms with van der Waals surface area (Å²) in [4.78, 5) is 8.44. The topological polar surface area (TPSA) is 106 Å². The minimum absolute atomic E-state index is 0.0155. The summed E-state index contributed by atoms with van der Waals surface area (Å²) in [5, 5.41) is 4.23. The molecule has 2 aromatic heterocycles. The van der Waals surface area contributed by atoms with Crippen molar-refractivity contribution in [1.29, 1.82) is 0 Å². The summed E-state index contributed by atoms with van der Waals surface area (Å²) >= 11 is 0. The summed E-state index contributed by atoms with van der Waals surface area (Å²) < 4.78 is 41.0. The zero-order chi connectivity index (χ0) is 24.9. The summed E-state index contributed by atoms with van der Waals surface area (Å²) in [6, 6.07) is 19.4. The third kappa shape index (κ3) is 5.15. The average molecular weight is 494 g/mol. The summed E-state index contributed by atoms with van der Waals surface area (Å²) in [6.45, 7) is 2.98. The number of aromatic nitrogens is 4. The molecule has 0 aliphatic carbocycles. The molecule has 0 saturated carbocycles. The van der Waals surface area contributed by atoms with Crippen molar-refractivity contribution in [3.05, 3.63) is 83.7 Å². The highest BCUT2D eigenvalue weighted by Gasteiger charge is 2.48. The average Bonchev–Trinajstić information content (AvgIpc) is 3.44. The van der Waals surface area contributed by atoms with E-state index in [2.05, 4.69) is 15.1 Å². The van der Waals surface area contributed by atoms with Gasteiger partial charge in [0.05, 0.1) is 38.3 Å². The Labute approximate surface area is 208 Å². The molecule has 0 radical (unpaired) electrons. The van der Waals surface area contributed by atoms with Crippen LogP contribution in [0.4, 0.5) is 10.3 Å².